The van der Waals surface area contributed by atoms with Gasteiger partial charge in [0, 0.05) is 29.5 Å². The molecule has 0 spiro atoms. The van der Waals surface area contributed by atoms with Gasteiger partial charge in [0.05, 0.1) is 0 Å². The van der Waals surface area contributed by atoms with Crippen LogP contribution in [0.2, 0.25) is 5.02 Å². The second-order valence-corrected chi connectivity index (χ2v) is 4.53. The van der Waals surface area contributed by atoms with E-state index in [-0.39, 0.29) is 5.91 Å². The molecule has 82 valence electrons. The summed E-state index contributed by atoms with van der Waals surface area (Å²) in [6, 6.07) is 5.39. The van der Waals surface area contributed by atoms with Crippen LogP contribution in [0.1, 0.15) is 15.9 Å². The van der Waals surface area contributed by atoms with Gasteiger partial charge in [0.25, 0.3) is 5.91 Å². The first kappa shape index (κ1) is 12.5. The van der Waals surface area contributed by atoms with Gasteiger partial charge in [0.15, 0.2) is 0 Å². The van der Waals surface area contributed by atoms with Crippen molar-refractivity contribution in [3.63, 3.8) is 0 Å². The van der Waals surface area contributed by atoms with Crippen LogP contribution >= 0.6 is 27.5 Å². The molecule has 1 aromatic rings. The van der Waals surface area contributed by atoms with Crippen molar-refractivity contribution >= 4 is 33.4 Å². The summed E-state index contributed by atoms with van der Waals surface area (Å²) < 4.78 is 0. The maximum absolute atomic E-state index is 12.0. The van der Waals surface area contributed by atoms with Gasteiger partial charge in [-0.3, -0.25) is 4.79 Å². The lowest BCUT2D eigenvalue weighted by atomic mass is 10.1. The Balaban J connectivity index is 2.96. The normalized spacial score (nSPS) is 10.1. The van der Waals surface area contributed by atoms with Crippen molar-refractivity contribution in [2.24, 2.45) is 0 Å². The zero-order valence-corrected chi connectivity index (χ0v) is 11.1. The molecule has 0 radical (unpaired) electrons. The minimum Gasteiger partial charge on any atom is -0.341 e. The molecule has 0 aliphatic rings. The first-order valence-electron chi connectivity index (χ1n) is 4.64. The van der Waals surface area contributed by atoms with Crippen molar-refractivity contribution < 1.29 is 4.79 Å². The number of benzene rings is 1. The number of alkyl halides is 1. The number of halogens is 2. The number of carbonyl (C=O) groups is 1. The molecular formula is C11H13BrClNO. The minimum absolute atomic E-state index is 0.00875. The van der Waals surface area contributed by atoms with Crippen molar-refractivity contribution in [3.05, 3.63) is 34.3 Å². The van der Waals surface area contributed by atoms with Crippen LogP contribution < -0.4 is 0 Å². The Labute approximate surface area is 103 Å². The Bertz CT molecular complexity index is 368. The van der Waals surface area contributed by atoms with E-state index in [2.05, 4.69) is 15.9 Å². The lowest BCUT2D eigenvalue weighted by molar-refractivity contribution is 0.0803. The molecule has 4 heteroatoms. The van der Waals surface area contributed by atoms with Crippen molar-refractivity contribution in [2.75, 3.05) is 18.9 Å². The van der Waals surface area contributed by atoms with Crippen LogP contribution in [0.15, 0.2) is 18.2 Å². The van der Waals surface area contributed by atoms with Crippen molar-refractivity contribution in [3.8, 4) is 0 Å². The number of nitrogens with zero attached hydrogens (tertiary/aromatic N) is 1. The summed E-state index contributed by atoms with van der Waals surface area (Å²) in [5.74, 6) is 0.00875. The predicted molar refractivity (Wildman–Crippen MR) is 66.9 cm³/mol. The summed E-state index contributed by atoms with van der Waals surface area (Å²) in [6.45, 7) is 2.54. The van der Waals surface area contributed by atoms with Crippen molar-refractivity contribution in [1.82, 2.24) is 4.90 Å². The van der Waals surface area contributed by atoms with E-state index in [1.165, 1.54) is 0 Å². The summed E-state index contributed by atoms with van der Waals surface area (Å²) in [5.41, 5.74) is 1.51. The first-order chi connectivity index (χ1) is 7.07. The van der Waals surface area contributed by atoms with Crippen molar-refractivity contribution in [1.29, 1.82) is 0 Å². The van der Waals surface area contributed by atoms with Gasteiger partial charge >= 0.3 is 0 Å². The Hall–Kier alpha value is -0.540. The molecule has 1 rings (SSSR count). The maximum atomic E-state index is 12.0. The average molecular weight is 291 g/mol. The molecule has 0 atom stereocenters. The molecule has 0 fully saturated rings. The highest BCUT2D eigenvalue weighted by molar-refractivity contribution is 9.09. The second-order valence-electron chi connectivity index (χ2n) is 3.33. The van der Waals surface area contributed by atoms with Gasteiger partial charge in [-0.1, -0.05) is 33.6 Å². The lowest BCUT2D eigenvalue weighted by Gasteiger charge is -2.17. The lowest BCUT2D eigenvalue weighted by Crippen LogP contribution is -2.29. The first-order valence-corrected chi connectivity index (χ1v) is 6.14. The summed E-state index contributed by atoms with van der Waals surface area (Å²) in [4.78, 5) is 13.6. The molecular weight excluding hydrogens is 277 g/mol. The van der Waals surface area contributed by atoms with E-state index in [1.807, 2.05) is 6.92 Å². The average Bonchev–Trinajstić information content (AvgIpc) is 2.21. The minimum atomic E-state index is 0.00875. The maximum Gasteiger partial charge on any atom is 0.253 e. The molecule has 2 nitrogen and oxygen atoms in total. The molecule has 15 heavy (non-hydrogen) atoms. The molecule has 0 aliphatic heterocycles. The van der Waals surface area contributed by atoms with Gasteiger partial charge in [0.2, 0.25) is 0 Å². The van der Waals surface area contributed by atoms with E-state index in [9.17, 15) is 4.79 Å². The van der Waals surface area contributed by atoms with Crippen molar-refractivity contribution in [2.45, 2.75) is 6.92 Å². The summed E-state index contributed by atoms with van der Waals surface area (Å²) in [7, 11) is 1.78. The molecule has 0 saturated carbocycles. The smallest absolute Gasteiger partial charge is 0.253 e. The molecule has 0 aliphatic carbocycles. The number of hydrogen-bond acceptors (Lipinski definition) is 1. The van der Waals surface area contributed by atoms with E-state index in [0.717, 1.165) is 10.9 Å². The van der Waals surface area contributed by atoms with Gasteiger partial charge in [-0.2, -0.15) is 0 Å². The highest BCUT2D eigenvalue weighted by atomic mass is 79.9. The highest BCUT2D eigenvalue weighted by Crippen LogP contribution is 2.19. The Morgan fingerprint density at radius 1 is 1.53 bits per heavy atom. The number of amides is 1. The van der Waals surface area contributed by atoms with Crippen LogP contribution in [0, 0.1) is 6.92 Å². The van der Waals surface area contributed by atoms with E-state index >= 15 is 0 Å². The van der Waals surface area contributed by atoms with Gasteiger partial charge in [-0.05, 0) is 24.6 Å². The largest absolute Gasteiger partial charge is 0.341 e. The molecule has 1 aromatic carbocycles. The van der Waals surface area contributed by atoms with Crippen LogP contribution in [0.4, 0.5) is 0 Å². The van der Waals surface area contributed by atoms with Crippen LogP contribution in [0.25, 0.3) is 0 Å². The summed E-state index contributed by atoms with van der Waals surface area (Å²) >= 11 is 9.26. The summed E-state index contributed by atoms with van der Waals surface area (Å²) in [5, 5.41) is 1.41. The third-order valence-electron chi connectivity index (χ3n) is 2.26. The number of hydrogen-bond donors (Lipinski definition) is 0. The fourth-order valence-electron chi connectivity index (χ4n) is 1.27. The fraction of sp³-hybridized carbons (Fsp3) is 0.364. The van der Waals surface area contributed by atoms with E-state index < -0.39 is 0 Å². The number of carbonyl (C=O) groups excluding carboxylic acids is 1. The van der Waals surface area contributed by atoms with Crippen LogP contribution in [0.3, 0.4) is 0 Å². The third kappa shape index (κ3) is 2.95. The molecule has 0 bridgehead atoms. The highest BCUT2D eigenvalue weighted by Gasteiger charge is 2.14. The van der Waals surface area contributed by atoms with E-state index in [1.54, 1.807) is 30.1 Å². The van der Waals surface area contributed by atoms with Crippen LogP contribution in [-0.2, 0) is 0 Å². The van der Waals surface area contributed by atoms with E-state index in [0.29, 0.717) is 17.1 Å². The Morgan fingerprint density at radius 2 is 2.20 bits per heavy atom. The molecule has 0 unspecified atom stereocenters. The molecule has 0 saturated heterocycles. The molecule has 0 N–H and O–H groups in total. The van der Waals surface area contributed by atoms with Gasteiger partial charge < -0.3 is 4.90 Å². The molecule has 0 aromatic heterocycles. The topological polar surface area (TPSA) is 20.3 Å². The van der Waals surface area contributed by atoms with Gasteiger partial charge in [-0.15, -0.1) is 0 Å². The second kappa shape index (κ2) is 5.52. The van der Waals surface area contributed by atoms with Gasteiger partial charge in [-0.25, -0.2) is 0 Å². The van der Waals surface area contributed by atoms with Crippen LogP contribution in [-0.4, -0.2) is 29.7 Å². The Kier molecular flexibility index (Phi) is 4.61. The van der Waals surface area contributed by atoms with E-state index in [4.69, 9.17) is 11.6 Å². The standard InChI is InChI=1S/C11H13BrClNO/c1-8-9(4-3-5-10(8)13)11(15)14(2)7-6-12/h3-5H,6-7H2,1-2H3. The number of rotatable bonds is 3. The zero-order valence-electron chi connectivity index (χ0n) is 8.76. The quantitative estimate of drug-likeness (QED) is 0.783. The molecule has 1 amide bonds. The third-order valence-corrected chi connectivity index (χ3v) is 3.03. The summed E-state index contributed by atoms with van der Waals surface area (Å²) in [6.07, 6.45) is 0. The molecule has 0 heterocycles. The predicted octanol–water partition coefficient (Wildman–Crippen LogP) is 3.12. The fourth-order valence-corrected chi connectivity index (χ4v) is 1.98. The van der Waals surface area contributed by atoms with Crippen LogP contribution in [0.5, 0.6) is 0 Å². The monoisotopic (exact) mass is 289 g/mol. The SMILES string of the molecule is Cc1c(Cl)cccc1C(=O)N(C)CCBr. The van der Waals surface area contributed by atoms with Gasteiger partial charge in [0.1, 0.15) is 0 Å². The zero-order chi connectivity index (χ0) is 11.4. The Morgan fingerprint density at radius 3 is 2.80 bits per heavy atom.